The summed E-state index contributed by atoms with van der Waals surface area (Å²) in [4.78, 5) is 3.17. The Morgan fingerprint density at radius 2 is 1.92 bits per heavy atom. The van der Waals surface area contributed by atoms with E-state index >= 15 is 0 Å². The van der Waals surface area contributed by atoms with Crippen LogP contribution >= 0.6 is 25.6 Å². The van der Waals surface area contributed by atoms with Crippen molar-refractivity contribution in [1.82, 2.24) is 4.98 Å². The number of hydrogen-bond acceptors (Lipinski definition) is 3. The first-order valence-electron chi connectivity index (χ1n) is 3.53. The van der Waals surface area contributed by atoms with E-state index in [0.717, 1.165) is 11.3 Å². The molecule has 0 saturated heterocycles. The summed E-state index contributed by atoms with van der Waals surface area (Å²) in [5.74, 6) is 0.878. The van der Waals surface area contributed by atoms with Crippen LogP contribution in [0, 0.1) is 0 Å². The van der Waals surface area contributed by atoms with Crippen LogP contribution in [0.3, 0.4) is 0 Å². The third kappa shape index (κ3) is 1.28. The first-order valence-corrected chi connectivity index (χ1v) is 4.33. The topological polar surface area (TPSA) is 19.0 Å². The zero-order chi connectivity index (χ0) is 8.55. The molecular weight excluding hydrogens is 188 g/mol. The Hall–Kier alpha value is -0.740. The molecule has 12 heavy (non-hydrogen) atoms. The van der Waals surface area contributed by atoms with Crippen LogP contribution in [0.5, 0.6) is 0 Å². The van der Waals surface area contributed by atoms with E-state index in [1.54, 1.807) is 0 Å². The summed E-state index contributed by atoms with van der Waals surface area (Å²) in [6.45, 7) is 0. The molecule has 0 aliphatic carbocycles. The number of benzene rings is 1. The third-order valence-electron chi connectivity index (χ3n) is 1.73. The van der Waals surface area contributed by atoms with Crippen LogP contribution in [0.1, 0.15) is 0 Å². The van der Waals surface area contributed by atoms with E-state index in [4.69, 9.17) is 0 Å². The number of hydrogen-bond donors (Lipinski definition) is 3. The minimum atomic E-state index is 0.878. The van der Waals surface area contributed by atoms with Crippen molar-refractivity contribution in [1.29, 1.82) is 0 Å². The van der Waals surface area contributed by atoms with Gasteiger partial charge in [0.05, 0.1) is 0 Å². The molecule has 0 bridgehead atoms. The molecule has 0 radical (unpaired) electrons. The van der Waals surface area contributed by atoms with Crippen molar-refractivity contribution in [2.75, 3.05) is 3.71 Å². The largest absolute Gasteiger partial charge is 0.340 e. The van der Waals surface area contributed by atoms with Crippen molar-refractivity contribution in [2.24, 2.45) is 0 Å². The lowest BCUT2D eigenvalue weighted by Crippen LogP contribution is -1.90. The molecule has 1 aromatic heterocycles. The number of aromatic amines is 1. The number of anilines is 1. The van der Waals surface area contributed by atoms with Crippen LogP contribution in [0.25, 0.3) is 10.9 Å². The normalized spacial score (nSPS) is 10.5. The second-order valence-corrected chi connectivity index (χ2v) is 3.65. The van der Waals surface area contributed by atoms with E-state index in [0.29, 0.717) is 0 Å². The van der Waals surface area contributed by atoms with Gasteiger partial charge in [0, 0.05) is 10.9 Å². The molecule has 0 spiro atoms. The monoisotopic (exact) mass is 196 g/mol. The van der Waals surface area contributed by atoms with E-state index in [9.17, 15) is 0 Å². The lowest BCUT2D eigenvalue weighted by atomic mass is 10.3. The first-order chi connectivity index (χ1) is 5.77. The molecule has 4 heteroatoms. The summed E-state index contributed by atoms with van der Waals surface area (Å²) < 4.78 is 1.46. The number of para-hydroxylation sites is 1. The second kappa shape index (κ2) is 2.95. The quantitative estimate of drug-likeness (QED) is 0.599. The number of nitrogens with one attached hydrogen (secondary N) is 1. The van der Waals surface area contributed by atoms with Crippen LogP contribution < -0.4 is 3.71 Å². The van der Waals surface area contributed by atoms with Crippen LogP contribution in [0.15, 0.2) is 30.3 Å². The zero-order valence-electron chi connectivity index (χ0n) is 6.23. The van der Waals surface area contributed by atoms with Gasteiger partial charge in [-0.05, 0) is 12.1 Å². The summed E-state index contributed by atoms with van der Waals surface area (Å²) in [5, 5.41) is 1.17. The highest BCUT2D eigenvalue weighted by atomic mass is 32.2. The van der Waals surface area contributed by atoms with Crippen molar-refractivity contribution < 1.29 is 0 Å². The lowest BCUT2D eigenvalue weighted by Gasteiger charge is -2.03. The molecule has 2 nitrogen and oxygen atoms in total. The van der Waals surface area contributed by atoms with Crippen LogP contribution in [-0.2, 0) is 0 Å². The van der Waals surface area contributed by atoms with Gasteiger partial charge in [0.2, 0.25) is 0 Å². The molecule has 1 aromatic carbocycles. The molecule has 62 valence electrons. The van der Waals surface area contributed by atoms with Gasteiger partial charge in [-0.3, -0.25) is 0 Å². The van der Waals surface area contributed by atoms with Gasteiger partial charge in [-0.25, -0.2) is 3.71 Å². The maximum Gasteiger partial charge on any atom is 0.127 e. The summed E-state index contributed by atoms with van der Waals surface area (Å²) in [6.07, 6.45) is 0. The Balaban J connectivity index is 2.62. The fraction of sp³-hybridized carbons (Fsp3) is 0. The smallest absolute Gasteiger partial charge is 0.127 e. The average molecular weight is 196 g/mol. The Bertz CT molecular complexity index is 362. The van der Waals surface area contributed by atoms with Crippen molar-refractivity contribution in [2.45, 2.75) is 0 Å². The van der Waals surface area contributed by atoms with E-state index in [-0.39, 0.29) is 0 Å². The molecule has 0 fully saturated rings. The summed E-state index contributed by atoms with van der Waals surface area (Å²) >= 11 is 8.13. The van der Waals surface area contributed by atoms with Crippen molar-refractivity contribution in [3.05, 3.63) is 30.3 Å². The predicted octanol–water partition coefficient (Wildman–Crippen LogP) is 2.66. The summed E-state index contributed by atoms with van der Waals surface area (Å²) in [5.41, 5.74) is 1.10. The molecule has 0 saturated carbocycles. The number of aromatic nitrogens is 1. The fourth-order valence-electron chi connectivity index (χ4n) is 1.17. The van der Waals surface area contributed by atoms with Gasteiger partial charge in [-0.2, -0.15) is 0 Å². The molecule has 1 N–H and O–H groups in total. The highest BCUT2D eigenvalue weighted by Gasteiger charge is 2.01. The van der Waals surface area contributed by atoms with Crippen LogP contribution in [0.4, 0.5) is 5.82 Å². The number of fused-ring (bicyclic) bond motifs is 1. The van der Waals surface area contributed by atoms with Crippen molar-refractivity contribution in [3.8, 4) is 0 Å². The number of nitrogens with zero attached hydrogens (tertiary/aromatic N) is 1. The Morgan fingerprint density at radius 3 is 2.58 bits per heavy atom. The van der Waals surface area contributed by atoms with Gasteiger partial charge < -0.3 is 4.98 Å². The molecule has 0 unspecified atom stereocenters. The van der Waals surface area contributed by atoms with Crippen LogP contribution in [-0.4, -0.2) is 4.98 Å². The standard InChI is InChI=1S/C8H8N2S2/c11-10(12)8-5-6-3-1-2-4-7(6)9-8/h1-5,9,11-12H. The fourth-order valence-corrected chi connectivity index (χ4v) is 1.38. The molecule has 2 aromatic rings. The SMILES string of the molecule is SN(S)c1cc2ccccc2[nH]1. The highest BCUT2D eigenvalue weighted by Crippen LogP contribution is 2.23. The average Bonchev–Trinajstić information content (AvgIpc) is 2.46. The van der Waals surface area contributed by atoms with Gasteiger partial charge in [0.1, 0.15) is 5.82 Å². The van der Waals surface area contributed by atoms with E-state index in [1.807, 2.05) is 30.3 Å². The predicted molar refractivity (Wildman–Crippen MR) is 58.7 cm³/mol. The lowest BCUT2D eigenvalue weighted by molar-refractivity contribution is 1.43. The molecular formula is C8H8N2S2. The third-order valence-corrected chi connectivity index (χ3v) is 2.16. The summed E-state index contributed by atoms with van der Waals surface area (Å²) in [7, 11) is 0. The first kappa shape index (κ1) is 7.89. The van der Waals surface area contributed by atoms with E-state index in [1.165, 1.54) is 9.10 Å². The molecule has 2 rings (SSSR count). The Kier molecular flexibility index (Phi) is 1.94. The molecule has 1 heterocycles. The minimum Gasteiger partial charge on any atom is -0.340 e. The van der Waals surface area contributed by atoms with Gasteiger partial charge in [-0.1, -0.05) is 43.8 Å². The van der Waals surface area contributed by atoms with Gasteiger partial charge in [0.25, 0.3) is 0 Å². The van der Waals surface area contributed by atoms with Crippen LogP contribution in [0.2, 0.25) is 0 Å². The van der Waals surface area contributed by atoms with Crippen molar-refractivity contribution >= 4 is 42.4 Å². The van der Waals surface area contributed by atoms with Gasteiger partial charge in [0.15, 0.2) is 0 Å². The van der Waals surface area contributed by atoms with E-state index < -0.39 is 0 Å². The number of thiol groups is 2. The maximum absolute atomic E-state index is 4.06. The minimum absolute atomic E-state index is 0.878. The molecule has 0 aliphatic rings. The zero-order valence-corrected chi connectivity index (χ0v) is 8.02. The summed E-state index contributed by atoms with van der Waals surface area (Å²) in [6, 6.07) is 10.0. The number of rotatable bonds is 1. The van der Waals surface area contributed by atoms with E-state index in [2.05, 4.69) is 30.6 Å². The number of H-pyrrole nitrogens is 1. The van der Waals surface area contributed by atoms with Crippen molar-refractivity contribution in [3.63, 3.8) is 0 Å². The van der Waals surface area contributed by atoms with Gasteiger partial charge >= 0.3 is 0 Å². The molecule has 0 amide bonds. The molecule has 0 aliphatic heterocycles. The Labute approximate surface area is 81.7 Å². The van der Waals surface area contributed by atoms with Gasteiger partial charge in [-0.15, -0.1) is 0 Å². The maximum atomic E-state index is 4.06. The highest BCUT2D eigenvalue weighted by molar-refractivity contribution is 8.00. The second-order valence-electron chi connectivity index (χ2n) is 2.53. The molecule has 0 atom stereocenters. The Morgan fingerprint density at radius 1 is 1.17 bits per heavy atom.